The molecule has 1 saturated heterocycles. The molecule has 0 bridgehead atoms. The molecule has 6 nitrogen and oxygen atoms in total. The maximum Gasteiger partial charge on any atom is 0.250 e. The standard InChI is InChI=1S/C20H16ClN3O3S3/c21-19-18-13(11-28-16(18)5-7-22-19)10-24-8-6-14(20(24)25)23-30(26,27)17-9-12-3-1-2-4-15(12)29-17/h1-5,7,9,11,14,23H,6,8,10H2/t14-/m0/s1. The topological polar surface area (TPSA) is 79.4 Å². The van der Waals surface area contributed by atoms with Gasteiger partial charge >= 0.3 is 0 Å². The van der Waals surface area contributed by atoms with Crippen LogP contribution in [0.25, 0.3) is 20.2 Å². The normalized spacial score (nSPS) is 17.4. The molecular weight excluding hydrogens is 462 g/mol. The van der Waals surface area contributed by atoms with Crippen molar-refractivity contribution in [2.24, 2.45) is 0 Å². The second kappa shape index (κ2) is 7.58. The molecule has 0 unspecified atom stereocenters. The lowest BCUT2D eigenvalue weighted by Crippen LogP contribution is -2.41. The molecule has 0 spiro atoms. The fourth-order valence-corrected chi connectivity index (χ4v) is 7.59. The molecule has 154 valence electrons. The van der Waals surface area contributed by atoms with E-state index in [0.29, 0.717) is 24.7 Å². The first kappa shape index (κ1) is 19.9. The first-order chi connectivity index (χ1) is 14.4. The van der Waals surface area contributed by atoms with Gasteiger partial charge in [0.1, 0.15) is 15.4 Å². The Kier molecular flexibility index (Phi) is 5.03. The average molecular weight is 478 g/mol. The second-order valence-electron chi connectivity index (χ2n) is 7.06. The molecule has 0 saturated carbocycles. The zero-order valence-corrected chi connectivity index (χ0v) is 18.7. The van der Waals surface area contributed by atoms with Crippen LogP contribution in [-0.2, 0) is 21.4 Å². The summed E-state index contributed by atoms with van der Waals surface area (Å²) < 4.78 is 30.4. The third kappa shape index (κ3) is 3.50. The molecule has 4 aromatic rings. The van der Waals surface area contributed by atoms with Gasteiger partial charge in [-0.05, 0) is 40.9 Å². The third-order valence-electron chi connectivity index (χ3n) is 5.14. The number of nitrogens with one attached hydrogen (secondary N) is 1. The molecule has 0 radical (unpaired) electrons. The van der Waals surface area contributed by atoms with Crippen LogP contribution in [0.5, 0.6) is 0 Å². The van der Waals surface area contributed by atoms with Crippen LogP contribution in [0.15, 0.2) is 52.2 Å². The number of hydrogen-bond donors (Lipinski definition) is 1. The number of thiophene rings is 2. The second-order valence-corrected chi connectivity index (χ2v) is 11.4. The minimum absolute atomic E-state index is 0.219. The Hall–Kier alpha value is -2.04. The van der Waals surface area contributed by atoms with Gasteiger partial charge in [-0.1, -0.05) is 29.8 Å². The van der Waals surface area contributed by atoms with Crippen LogP contribution < -0.4 is 4.72 Å². The molecule has 10 heteroatoms. The monoisotopic (exact) mass is 477 g/mol. The maximum atomic E-state index is 12.9. The lowest BCUT2D eigenvalue weighted by Gasteiger charge is -2.17. The number of sulfonamides is 1. The number of likely N-dealkylation sites (tertiary alicyclic amines) is 1. The number of halogens is 1. The van der Waals surface area contributed by atoms with Crippen molar-refractivity contribution in [1.29, 1.82) is 0 Å². The molecule has 30 heavy (non-hydrogen) atoms. The van der Waals surface area contributed by atoms with Gasteiger partial charge in [0.2, 0.25) is 5.91 Å². The van der Waals surface area contributed by atoms with Crippen molar-refractivity contribution < 1.29 is 13.2 Å². The molecule has 1 atom stereocenters. The number of nitrogens with zero attached hydrogens (tertiary/aromatic N) is 2. The van der Waals surface area contributed by atoms with E-state index in [1.54, 1.807) is 28.5 Å². The maximum absolute atomic E-state index is 12.9. The Balaban J connectivity index is 1.34. The van der Waals surface area contributed by atoms with Gasteiger partial charge in [0, 0.05) is 34.1 Å². The Bertz CT molecular complexity index is 1350. The van der Waals surface area contributed by atoms with Crippen molar-refractivity contribution in [3.05, 3.63) is 58.7 Å². The summed E-state index contributed by atoms with van der Waals surface area (Å²) in [6.45, 7) is 0.860. The summed E-state index contributed by atoms with van der Waals surface area (Å²) in [6.07, 6.45) is 2.09. The highest BCUT2D eigenvalue weighted by Crippen LogP contribution is 2.33. The van der Waals surface area contributed by atoms with Gasteiger partial charge in [-0.25, -0.2) is 13.4 Å². The number of carbonyl (C=O) groups is 1. The quantitative estimate of drug-likeness (QED) is 0.436. The van der Waals surface area contributed by atoms with E-state index in [-0.39, 0.29) is 10.1 Å². The molecule has 1 aliphatic heterocycles. The molecule has 1 aromatic carbocycles. The van der Waals surface area contributed by atoms with Crippen molar-refractivity contribution in [2.75, 3.05) is 6.54 Å². The van der Waals surface area contributed by atoms with Crippen LogP contribution in [0.3, 0.4) is 0 Å². The van der Waals surface area contributed by atoms with Crippen molar-refractivity contribution in [3.63, 3.8) is 0 Å². The number of rotatable bonds is 5. The molecule has 1 aliphatic rings. The number of carbonyl (C=O) groups excluding carboxylic acids is 1. The van der Waals surface area contributed by atoms with Gasteiger partial charge in [-0.2, -0.15) is 4.72 Å². The fraction of sp³-hybridized carbons (Fsp3) is 0.200. The minimum atomic E-state index is -3.77. The van der Waals surface area contributed by atoms with E-state index in [1.807, 2.05) is 35.7 Å². The van der Waals surface area contributed by atoms with E-state index in [9.17, 15) is 13.2 Å². The van der Waals surface area contributed by atoms with Gasteiger partial charge in [0.15, 0.2) is 0 Å². The summed E-state index contributed by atoms with van der Waals surface area (Å²) >= 11 is 9.00. The number of pyridine rings is 1. The summed E-state index contributed by atoms with van der Waals surface area (Å²) in [4.78, 5) is 18.7. The van der Waals surface area contributed by atoms with Crippen LogP contribution in [-0.4, -0.2) is 36.8 Å². The highest BCUT2D eigenvalue weighted by molar-refractivity contribution is 7.91. The van der Waals surface area contributed by atoms with Crippen LogP contribution in [0.4, 0.5) is 0 Å². The molecule has 5 rings (SSSR count). The molecule has 1 fully saturated rings. The van der Waals surface area contributed by atoms with E-state index in [1.165, 1.54) is 11.3 Å². The SMILES string of the molecule is O=C1[C@@H](NS(=O)(=O)c2cc3ccccc3s2)CCN1Cc1csc2ccnc(Cl)c12. The van der Waals surface area contributed by atoms with Crippen LogP contribution >= 0.6 is 34.3 Å². The minimum Gasteiger partial charge on any atom is -0.337 e. The zero-order valence-electron chi connectivity index (χ0n) is 15.5. The van der Waals surface area contributed by atoms with Gasteiger partial charge in [0.25, 0.3) is 10.0 Å². The van der Waals surface area contributed by atoms with Crippen molar-refractivity contribution >= 4 is 70.4 Å². The van der Waals surface area contributed by atoms with E-state index in [2.05, 4.69) is 9.71 Å². The van der Waals surface area contributed by atoms with E-state index >= 15 is 0 Å². The fourth-order valence-electron chi connectivity index (χ4n) is 3.66. The first-order valence-corrected chi connectivity index (χ1v) is 12.8. The molecule has 1 amide bonds. The van der Waals surface area contributed by atoms with Crippen molar-refractivity contribution in [2.45, 2.75) is 23.2 Å². The summed E-state index contributed by atoms with van der Waals surface area (Å²) in [5.74, 6) is -0.223. The average Bonchev–Trinajstić information content (AvgIpc) is 3.42. The molecule has 0 aliphatic carbocycles. The summed E-state index contributed by atoms with van der Waals surface area (Å²) in [5, 5.41) is 4.11. The summed E-state index contributed by atoms with van der Waals surface area (Å²) in [5.41, 5.74) is 0.925. The molecule has 4 heterocycles. The lowest BCUT2D eigenvalue weighted by atomic mass is 10.2. The van der Waals surface area contributed by atoms with E-state index < -0.39 is 16.1 Å². The lowest BCUT2D eigenvalue weighted by molar-refractivity contribution is -0.129. The van der Waals surface area contributed by atoms with E-state index in [0.717, 1.165) is 25.7 Å². The zero-order chi connectivity index (χ0) is 20.9. The third-order valence-corrected chi connectivity index (χ3v) is 9.48. The molecule has 1 N–H and O–H groups in total. The Morgan fingerprint density at radius 1 is 1.23 bits per heavy atom. The summed E-state index contributed by atoms with van der Waals surface area (Å²) in [6, 6.07) is 10.3. The number of benzene rings is 1. The van der Waals surface area contributed by atoms with Gasteiger partial charge in [-0.3, -0.25) is 4.79 Å². The van der Waals surface area contributed by atoms with Gasteiger partial charge in [0.05, 0.1) is 0 Å². The largest absolute Gasteiger partial charge is 0.337 e. The smallest absolute Gasteiger partial charge is 0.250 e. The molecule has 3 aromatic heterocycles. The van der Waals surface area contributed by atoms with Crippen molar-refractivity contribution in [3.8, 4) is 0 Å². The highest BCUT2D eigenvalue weighted by Gasteiger charge is 2.35. The predicted octanol–water partition coefficient (Wildman–Crippen LogP) is 4.24. The van der Waals surface area contributed by atoms with Crippen LogP contribution in [0.2, 0.25) is 5.15 Å². The molecular formula is C20H16ClN3O3S3. The number of aromatic nitrogens is 1. The van der Waals surface area contributed by atoms with Gasteiger partial charge < -0.3 is 4.90 Å². The Morgan fingerprint density at radius 2 is 2.07 bits per heavy atom. The first-order valence-electron chi connectivity index (χ1n) is 9.23. The van der Waals surface area contributed by atoms with Gasteiger partial charge in [-0.15, -0.1) is 22.7 Å². The van der Waals surface area contributed by atoms with Crippen molar-refractivity contribution in [1.82, 2.24) is 14.6 Å². The predicted molar refractivity (Wildman–Crippen MR) is 121 cm³/mol. The van der Waals surface area contributed by atoms with Crippen LogP contribution in [0.1, 0.15) is 12.0 Å². The summed E-state index contributed by atoms with van der Waals surface area (Å²) in [7, 11) is -3.77. The highest BCUT2D eigenvalue weighted by atomic mass is 35.5. The number of amides is 1. The number of hydrogen-bond acceptors (Lipinski definition) is 6. The number of fused-ring (bicyclic) bond motifs is 2. The Morgan fingerprint density at radius 3 is 2.90 bits per heavy atom. The van der Waals surface area contributed by atoms with E-state index in [4.69, 9.17) is 11.6 Å². The Labute approximate surface area is 186 Å². The van der Waals surface area contributed by atoms with Crippen LogP contribution in [0, 0.1) is 0 Å².